The summed E-state index contributed by atoms with van der Waals surface area (Å²) in [6.45, 7) is 8.24. The largest absolute Gasteiger partial charge is 0.494 e. The van der Waals surface area contributed by atoms with Crippen molar-refractivity contribution in [1.82, 2.24) is 0 Å². The standard InChI is InChI=1S/C26H26BN3O2/c1-25(2)26(3,4)32-27(31-25)19-14-12-17-10-11-18-13-15-22(24(28)23(18)21(17)16-19)30-29-20-8-6-5-7-9-20/h5-16H,28H2,1-4H3. The highest BCUT2D eigenvalue weighted by Crippen LogP contribution is 2.38. The average Bonchev–Trinajstić information content (AvgIpc) is 3.00. The summed E-state index contributed by atoms with van der Waals surface area (Å²) < 4.78 is 12.5. The smallest absolute Gasteiger partial charge is 0.399 e. The summed E-state index contributed by atoms with van der Waals surface area (Å²) in [6.07, 6.45) is 0. The summed E-state index contributed by atoms with van der Waals surface area (Å²) >= 11 is 0. The monoisotopic (exact) mass is 423 g/mol. The van der Waals surface area contributed by atoms with Crippen LogP contribution in [0.1, 0.15) is 27.7 Å². The predicted octanol–water partition coefficient (Wildman–Crippen LogP) is 6.29. The Hall–Kier alpha value is -3.22. The fourth-order valence-corrected chi connectivity index (χ4v) is 4.00. The fourth-order valence-electron chi connectivity index (χ4n) is 4.00. The number of fused-ring (bicyclic) bond motifs is 3. The molecule has 4 aromatic carbocycles. The number of nitrogen functional groups attached to an aromatic ring is 1. The number of hydrogen-bond acceptors (Lipinski definition) is 5. The Kier molecular flexibility index (Phi) is 4.80. The fraction of sp³-hybridized carbons (Fsp3) is 0.231. The molecule has 2 N–H and O–H groups in total. The zero-order valence-electron chi connectivity index (χ0n) is 18.8. The molecule has 160 valence electrons. The van der Waals surface area contributed by atoms with E-state index in [4.69, 9.17) is 15.0 Å². The molecule has 5 rings (SSSR count). The molecule has 1 fully saturated rings. The van der Waals surface area contributed by atoms with Crippen LogP contribution in [0.5, 0.6) is 0 Å². The molecule has 0 aliphatic carbocycles. The summed E-state index contributed by atoms with van der Waals surface area (Å²) in [4.78, 5) is 0. The molecule has 0 spiro atoms. The van der Waals surface area contributed by atoms with E-state index < -0.39 is 18.3 Å². The van der Waals surface area contributed by atoms with Gasteiger partial charge >= 0.3 is 7.12 Å². The van der Waals surface area contributed by atoms with E-state index in [0.717, 1.165) is 32.7 Å². The molecule has 0 aromatic heterocycles. The topological polar surface area (TPSA) is 69.2 Å². The number of rotatable bonds is 3. The molecular formula is C26H26BN3O2. The van der Waals surface area contributed by atoms with Crippen molar-refractivity contribution >= 4 is 51.2 Å². The van der Waals surface area contributed by atoms with Crippen LogP contribution >= 0.6 is 0 Å². The Bertz CT molecular complexity index is 1330. The lowest BCUT2D eigenvalue weighted by molar-refractivity contribution is 0.00578. The molecular weight excluding hydrogens is 397 g/mol. The molecule has 1 aliphatic heterocycles. The van der Waals surface area contributed by atoms with Crippen molar-refractivity contribution < 1.29 is 9.31 Å². The van der Waals surface area contributed by atoms with E-state index in [2.05, 4.69) is 68.3 Å². The molecule has 0 radical (unpaired) electrons. The van der Waals surface area contributed by atoms with Crippen LogP contribution in [0.4, 0.5) is 17.1 Å². The molecule has 0 amide bonds. The van der Waals surface area contributed by atoms with Gasteiger partial charge in [0.2, 0.25) is 0 Å². The third-order valence-corrected chi connectivity index (χ3v) is 6.60. The number of nitrogens with zero attached hydrogens (tertiary/aromatic N) is 2. The van der Waals surface area contributed by atoms with Gasteiger partial charge in [-0.1, -0.05) is 54.6 Å². The SMILES string of the molecule is CC1(C)OB(c2ccc3ccc4ccc(N=Nc5ccccc5)c(N)c4c3c2)OC1(C)C. The number of nitrogens with two attached hydrogens (primary N) is 1. The van der Waals surface area contributed by atoms with Crippen molar-refractivity contribution in [2.75, 3.05) is 5.73 Å². The highest BCUT2D eigenvalue weighted by atomic mass is 16.7. The van der Waals surface area contributed by atoms with E-state index in [1.807, 2.05) is 42.5 Å². The third-order valence-electron chi connectivity index (χ3n) is 6.60. The second-order valence-electron chi connectivity index (χ2n) is 9.27. The van der Waals surface area contributed by atoms with Crippen molar-refractivity contribution in [3.63, 3.8) is 0 Å². The van der Waals surface area contributed by atoms with Gasteiger partial charge in [0.15, 0.2) is 0 Å². The first kappa shape index (κ1) is 20.7. The zero-order valence-corrected chi connectivity index (χ0v) is 18.8. The van der Waals surface area contributed by atoms with Gasteiger partial charge < -0.3 is 15.0 Å². The van der Waals surface area contributed by atoms with Crippen LogP contribution in [0.2, 0.25) is 0 Å². The van der Waals surface area contributed by atoms with Gasteiger partial charge in [0.05, 0.1) is 22.6 Å². The van der Waals surface area contributed by atoms with Crippen molar-refractivity contribution in [1.29, 1.82) is 0 Å². The van der Waals surface area contributed by atoms with Crippen LogP contribution in [0.25, 0.3) is 21.5 Å². The first-order valence-corrected chi connectivity index (χ1v) is 10.8. The van der Waals surface area contributed by atoms with Gasteiger partial charge in [-0.2, -0.15) is 5.11 Å². The van der Waals surface area contributed by atoms with E-state index in [1.54, 1.807) is 0 Å². The minimum Gasteiger partial charge on any atom is -0.399 e. The maximum atomic E-state index is 6.62. The minimum atomic E-state index is -0.429. The average molecular weight is 423 g/mol. The first-order chi connectivity index (χ1) is 15.2. The van der Waals surface area contributed by atoms with Crippen molar-refractivity contribution in [2.45, 2.75) is 38.9 Å². The quantitative estimate of drug-likeness (QED) is 0.182. The number of benzene rings is 4. The maximum absolute atomic E-state index is 6.62. The molecule has 1 saturated heterocycles. The van der Waals surface area contributed by atoms with E-state index in [-0.39, 0.29) is 0 Å². The molecule has 32 heavy (non-hydrogen) atoms. The summed E-state index contributed by atoms with van der Waals surface area (Å²) in [5.41, 5.74) is 8.85. The minimum absolute atomic E-state index is 0.393. The van der Waals surface area contributed by atoms with Gasteiger partial charge in [-0.05, 0) is 67.5 Å². The molecule has 0 bridgehead atoms. The lowest BCUT2D eigenvalue weighted by Gasteiger charge is -2.32. The van der Waals surface area contributed by atoms with Gasteiger partial charge in [0, 0.05) is 5.39 Å². The van der Waals surface area contributed by atoms with Gasteiger partial charge in [-0.25, -0.2) is 0 Å². The highest BCUT2D eigenvalue weighted by Gasteiger charge is 2.51. The normalized spacial score (nSPS) is 17.6. The van der Waals surface area contributed by atoms with Gasteiger partial charge in [0.1, 0.15) is 5.69 Å². The van der Waals surface area contributed by atoms with Crippen LogP contribution in [0, 0.1) is 0 Å². The molecule has 0 atom stereocenters. The molecule has 0 saturated carbocycles. The van der Waals surface area contributed by atoms with E-state index in [1.165, 1.54) is 0 Å². The van der Waals surface area contributed by atoms with Crippen molar-refractivity contribution in [3.05, 3.63) is 72.8 Å². The Morgan fingerprint density at radius 1 is 0.750 bits per heavy atom. The zero-order chi connectivity index (χ0) is 22.5. The lowest BCUT2D eigenvalue weighted by Crippen LogP contribution is -2.41. The Labute approximate surface area is 188 Å². The Morgan fingerprint density at radius 2 is 1.38 bits per heavy atom. The number of anilines is 1. The third kappa shape index (κ3) is 3.46. The van der Waals surface area contributed by atoms with Gasteiger partial charge in [0.25, 0.3) is 0 Å². The van der Waals surface area contributed by atoms with Gasteiger partial charge in [-0.3, -0.25) is 0 Å². The van der Waals surface area contributed by atoms with Crippen LogP contribution in [0.15, 0.2) is 83.0 Å². The van der Waals surface area contributed by atoms with Crippen LogP contribution in [-0.2, 0) is 9.31 Å². The van der Waals surface area contributed by atoms with Crippen molar-refractivity contribution in [3.8, 4) is 0 Å². The van der Waals surface area contributed by atoms with E-state index in [0.29, 0.717) is 11.4 Å². The van der Waals surface area contributed by atoms with E-state index >= 15 is 0 Å². The molecule has 5 nitrogen and oxygen atoms in total. The molecule has 1 aliphatic rings. The molecule has 4 aromatic rings. The first-order valence-electron chi connectivity index (χ1n) is 10.8. The Morgan fingerprint density at radius 3 is 2.09 bits per heavy atom. The van der Waals surface area contributed by atoms with Crippen LogP contribution < -0.4 is 11.2 Å². The lowest BCUT2D eigenvalue weighted by atomic mass is 9.78. The second kappa shape index (κ2) is 7.43. The number of hydrogen-bond donors (Lipinski definition) is 1. The summed E-state index contributed by atoms with van der Waals surface area (Å²) in [5.74, 6) is 0. The molecule has 6 heteroatoms. The maximum Gasteiger partial charge on any atom is 0.494 e. The second-order valence-corrected chi connectivity index (χ2v) is 9.27. The molecule has 1 heterocycles. The van der Waals surface area contributed by atoms with Gasteiger partial charge in [-0.15, -0.1) is 5.11 Å². The molecule has 0 unspecified atom stereocenters. The van der Waals surface area contributed by atoms with Crippen LogP contribution in [-0.4, -0.2) is 18.3 Å². The summed E-state index contributed by atoms with van der Waals surface area (Å²) in [7, 11) is -0.429. The summed E-state index contributed by atoms with van der Waals surface area (Å²) in [5, 5.41) is 12.9. The van der Waals surface area contributed by atoms with E-state index in [9.17, 15) is 0 Å². The summed E-state index contributed by atoms with van der Waals surface area (Å²) in [6, 6.07) is 24.0. The highest BCUT2D eigenvalue weighted by molar-refractivity contribution is 6.62. The number of azo groups is 1. The Balaban J connectivity index is 1.62. The predicted molar refractivity (Wildman–Crippen MR) is 132 cm³/mol. The van der Waals surface area contributed by atoms with Crippen molar-refractivity contribution in [2.24, 2.45) is 10.2 Å². The van der Waals surface area contributed by atoms with Crippen LogP contribution in [0.3, 0.4) is 0 Å².